The molecule has 2 heteroatoms. The summed E-state index contributed by atoms with van der Waals surface area (Å²) < 4.78 is 0. The second kappa shape index (κ2) is 4.30. The van der Waals surface area contributed by atoms with Gasteiger partial charge >= 0.3 is 0 Å². The van der Waals surface area contributed by atoms with E-state index in [1.807, 2.05) is 0 Å². The van der Waals surface area contributed by atoms with Gasteiger partial charge in [0.05, 0.1) is 0 Å². The van der Waals surface area contributed by atoms with Crippen molar-refractivity contribution in [2.24, 2.45) is 5.41 Å². The standard InChI is InChI=1S/C14H28N2/c1-11(2)15-8-6-14(10-15)7-9-16(12(3)4)13(14)5/h11-13H,6-10H2,1-5H3/t13-,14?/m1/s1. The number of nitrogens with zero attached hydrogens (tertiary/aromatic N) is 2. The van der Waals surface area contributed by atoms with Gasteiger partial charge in [-0.1, -0.05) is 0 Å². The van der Waals surface area contributed by atoms with E-state index in [0.717, 1.165) is 12.1 Å². The molecule has 0 aliphatic carbocycles. The van der Waals surface area contributed by atoms with Crippen LogP contribution in [0.2, 0.25) is 0 Å². The van der Waals surface area contributed by atoms with Gasteiger partial charge in [-0.15, -0.1) is 0 Å². The Morgan fingerprint density at radius 2 is 1.62 bits per heavy atom. The second-order valence-corrected chi connectivity index (χ2v) is 6.43. The maximum absolute atomic E-state index is 2.70. The van der Waals surface area contributed by atoms with Crippen LogP contribution in [0.3, 0.4) is 0 Å². The van der Waals surface area contributed by atoms with Gasteiger partial charge in [-0.05, 0) is 60.5 Å². The van der Waals surface area contributed by atoms with Crippen molar-refractivity contribution < 1.29 is 0 Å². The molecule has 2 heterocycles. The lowest BCUT2D eigenvalue weighted by Gasteiger charge is -2.35. The van der Waals surface area contributed by atoms with Gasteiger partial charge < -0.3 is 4.90 Å². The van der Waals surface area contributed by atoms with Crippen molar-refractivity contribution >= 4 is 0 Å². The summed E-state index contributed by atoms with van der Waals surface area (Å²) >= 11 is 0. The lowest BCUT2D eigenvalue weighted by Crippen LogP contribution is -2.42. The summed E-state index contributed by atoms with van der Waals surface area (Å²) in [5, 5.41) is 0. The van der Waals surface area contributed by atoms with Crippen LogP contribution in [0.1, 0.15) is 47.5 Å². The zero-order valence-electron chi connectivity index (χ0n) is 11.7. The van der Waals surface area contributed by atoms with Crippen molar-refractivity contribution in [3.05, 3.63) is 0 Å². The first-order chi connectivity index (χ1) is 7.46. The normalized spacial score (nSPS) is 37.3. The summed E-state index contributed by atoms with van der Waals surface area (Å²) in [7, 11) is 0. The Hall–Kier alpha value is -0.0800. The van der Waals surface area contributed by atoms with Crippen molar-refractivity contribution in [2.75, 3.05) is 19.6 Å². The predicted octanol–water partition coefficient (Wildman–Crippen LogP) is 2.59. The van der Waals surface area contributed by atoms with Crippen LogP contribution in [-0.4, -0.2) is 47.6 Å². The highest BCUT2D eigenvalue weighted by Crippen LogP contribution is 2.45. The molecule has 2 nitrogen and oxygen atoms in total. The average Bonchev–Trinajstić information content (AvgIpc) is 2.75. The molecule has 2 rings (SSSR count). The smallest absolute Gasteiger partial charge is 0.0139 e. The Bertz CT molecular complexity index is 245. The molecule has 2 aliphatic heterocycles. The van der Waals surface area contributed by atoms with E-state index < -0.39 is 0 Å². The molecule has 0 saturated carbocycles. The molecule has 0 aromatic heterocycles. The Labute approximate surface area is 101 Å². The van der Waals surface area contributed by atoms with Gasteiger partial charge in [-0.2, -0.15) is 0 Å². The fraction of sp³-hybridized carbons (Fsp3) is 1.00. The van der Waals surface area contributed by atoms with Crippen LogP contribution in [-0.2, 0) is 0 Å². The largest absolute Gasteiger partial charge is 0.300 e. The average molecular weight is 224 g/mol. The molecular formula is C14H28N2. The fourth-order valence-electron chi connectivity index (χ4n) is 3.73. The maximum Gasteiger partial charge on any atom is 0.0139 e. The van der Waals surface area contributed by atoms with Crippen LogP contribution in [0.5, 0.6) is 0 Å². The third kappa shape index (κ3) is 1.91. The van der Waals surface area contributed by atoms with Crippen molar-refractivity contribution in [3.63, 3.8) is 0 Å². The zero-order chi connectivity index (χ0) is 11.9. The molecule has 0 radical (unpaired) electrons. The Kier molecular flexibility index (Phi) is 3.33. The minimum atomic E-state index is 0.606. The maximum atomic E-state index is 2.70. The molecule has 0 aromatic rings. The topological polar surface area (TPSA) is 6.48 Å². The van der Waals surface area contributed by atoms with Crippen molar-refractivity contribution in [1.29, 1.82) is 0 Å². The van der Waals surface area contributed by atoms with E-state index >= 15 is 0 Å². The van der Waals surface area contributed by atoms with Gasteiger partial charge in [0, 0.05) is 30.1 Å². The van der Waals surface area contributed by atoms with E-state index in [4.69, 9.17) is 0 Å². The molecular weight excluding hydrogens is 196 g/mol. The van der Waals surface area contributed by atoms with Gasteiger partial charge in [0.15, 0.2) is 0 Å². The monoisotopic (exact) mass is 224 g/mol. The van der Waals surface area contributed by atoms with E-state index in [2.05, 4.69) is 44.4 Å². The summed E-state index contributed by atoms with van der Waals surface area (Å²) in [6, 6.07) is 2.21. The highest BCUT2D eigenvalue weighted by molar-refractivity contribution is 5.03. The summed E-state index contributed by atoms with van der Waals surface area (Å²) in [5.74, 6) is 0. The first kappa shape index (κ1) is 12.4. The number of likely N-dealkylation sites (tertiary alicyclic amines) is 2. The molecule has 2 aliphatic rings. The Balaban J connectivity index is 2.06. The van der Waals surface area contributed by atoms with Crippen LogP contribution >= 0.6 is 0 Å². The van der Waals surface area contributed by atoms with Gasteiger partial charge in [-0.3, -0.25) is 4.90 Å². The molecule has 2 atom stereocenters. The van der Waals surface area contributed by atoms with Gasteiger partial charge in [0.2, 0.25) is 0 Å². The molecule has 16 heavy (non-hydrogen) atoms. The van der Waals surface area contributed by atoms with E-state index in [-0.39, 0.29) is 0 Å². The molecule has 0 aromatic carbocycles. The SMILES string of the molecule is CC(C)N1CCC2(CCN(C(C)C)[C@@H]2C)C1. The highest BCUT2D eigenvalue weighted by Gasteiger charge is 2.49. The highest BCUT2D eigenvalue weighted by atomic mass is 15.3. The molecule has 0 N–H and O–H groups in total. The van der Waals surface area contributed by atoms with Gasteiger partial charge in [-0.25, -0.2) is 0 Å². The number of hydrogen-bond donors (Lipinski definition) is 0. The van der Waals surface area contributed by atoms with Crippen LogP contribution in [0.4, 0.5) is 0 Å². The molecule has 2 fully saturated rings. The van der Waals surface area contributed by atoms with E-state index in [1.54, 1.807) is 0 Å². The molecule has 1 spiro atoms. The second-order valence-electron chi connectivity index (χ2n) is 6.43. The summed E-state index contributed by atoms with van der Waals surface area (Å²) in [5.41, 5.74) is 0.606. The predicted molar refractivity (Wildman–Crippen MR) is 69.7 cm³/mol. The summed E-state index contributed by atoms with van der Waals surface area (Å²) in [6.45, 7) is 15.7. The van der Waals surface area contributed by atoms with Crippen molar-refractivity contribution in [2.45, 2.75) is 65.6 Å². The van der Waals surface area contributed by atoms with E-state index in [0.29, 0.717) is 11.5 Å². The molecule has 0 amide bonds. The lowest BCUT2D eigenvalue weighted by atomic mass is 9.80. The first-order valence-corrected chi connectivity index (χ1v) is 6.96. The van der Waals surface area contributed by atoms with Crippen LogP contribution in [0.25, 0.3) is 0 Å². The molecule has 94 valence electrons. The summed E-state index contributed by atoms with van der Waals surface area (Å²) in [6.07, 6.45) is 2.82. The van der Waals surface area contributed by atoms with E-state index in [9.17, 15) is 0 Å². The van der Waals surface area contributed by atoms with Crippen LogP contribution < -0.4 is 0 Å². The minimum Gasteiger partial charge on any atom is -0.300 e. The molecule has 1 unspecified atom stereocenters. The summed E-state index contributed by atoms with van der Waals surface area (Å²) in [4.78, 5) is 5.37. The number of hydrogen-bond acceptors (Lipinski definition) is 2. The fourth-order valence-corrected chi connectivity index (χ4v) is 3.73. The zero-order valence-corrected chi connectivity index (χ0v) is 11.7. The quantitative estimate of drug-likeness (QED) is 0.711. The Morgan fingerprint density at radius 1 is 1.00 bits per heavy atom. The molecule has 0 bridgehead atoms. The number of rotatable bonds is 2. The van der Waals surface area contributed by atoms with Crippen LogP contribution in [0.15, 0.2) is 0 Å². The van der Waals surface area contributed by atoms with Crippen LogP contribution in [0, 0.1) is 5.41 Å². The van der Waals surface area contributed by atoms with E-state index in [1.165, 1.54) is 32.5 Å². The van der Waals surface area contributed by atoms with Gasteiger partial charge in [0.1, 0.15) is 0 Å². The minimum absolute atomic E-state index is 0.606. The van der Waals surface area contributed by atoms with Gasteiger partial charge in [0.25, 0.3) is 0 Å². The lowest BCUT2D eigenvalue weighted by molar-refractivity contribution is 0.136. The Morgan fingerprint density at radius 3 is 2.06 bits per heavy atom. The molecule has 2 saturated heterocycles. The first-order valence-electron chi connectivity index (χ1n) is 6.96. The van der Waals surface area contributed by atoms with Crippen molar-refractivity contribution in [1.82, 2.24) is 9.80 Å². The third-order valence-corrected chi connectivity index (χ3v) is 5.06. The third-order valence-electron chi connectivity index (χ3n) is 5.06. The van der Waals surface area contributed by atoms with Crippen molar-refractivity contribution in [3.8, 4) is 0 Å².